The minimum atomic E-state index is -4.59. The highest BCUT2D eigenvalue weighted by molar-refractivity contribution is 6.29. The molecule has 1 aliphatic rings. The lowest BCUT2D eigenvalue weighted by molar-refractivity contribution is -0.137. The second-order valence-electron chi connectivity index (χ2n) is 7.24. The van der Waals surface area contributed by atoms with Gasteiger partial charge in [-0.3, -0.25) is 9.69 Å². The van der Waals surface area contributed by atoms with E-state index in [-0.39, 0.29) is 29.4 Å². The van der Waals surface area contributed by atoms with E-state index in [4.69, 9.17) is 11.6 Å². The van der Waals surface area contributed by atoms with Gasteiger partial charge in [-0.1, -0.05) is 32.4 Å². The van der Waals surface area contributed by atoms with Crippen molar-refractivity contribution in [1.82, 2.24) is 15.2 Å². The number of carbonyl (C=O) groups is 2. The zero-order chi connectivity index (χ0) is 19.0. The molecule has 1 aliphatic heterocycles. The van der Waals surface area contributed by atoms with E-state index in [9.17, 15) is 22.8 Å². The highest BCUT2D eigenvalue weighted by Crippen LogP contribution is 2.32. The van der Waals surface area contributed by atoms with Crippen molar-refractivity contribution in [2.75, 3.05) is 6.54 Å². The summed E-state index contributed by atoms with van der Waals surface area (Å²) in [5, 5.41) is 2.25. The Kier molecular flexibility index (Phi) is 5.32. The number of hydrogen-bond acceptors (Lipinski definition) is 3. The van der Waals surface area contributed by atoms with Crippen LogP contribution in [-0.2, 0) is 17.5 Å². The zero-order valence-corrected chi connectivity index (χ0v) is 14.8. The maximum atomic E-state index is 12.9. The fourth-order valence-electron chi connectivity index (χ4n) is 2.72. The Morgan fingerprint density at radius 3 is 2.48 bits per heavy atom. The van der Waals surface area contributed by atoms with Gasteiger partial charge in [-0.25, -0.2) is 9.78 Å². The van der Waals surface area contributed by atoms with Gasteiger partial charge >= 0.3 is 12.2 Å². The Hall–Kier alpha value is -1.83. The average Bonchev–Trinajstić information content (AvgIpc) is 2.44. The molecule has 1 aromatic heterocycles. The van der Waals surface area contributed by atoms with E-state index in [1.165, 1.54) is 0 Å². The van der Waals surface area contributed by atoms with E-state index < -0.39 is 29.6 Å². The van der Waals surface area contributed by atoms with Gasteiger partial charge in [0.15, 0.2) is 0 Å². The molecule has 0 saturated carbocycles. The molecular formula is C16H19ClF3N3O2. The van der Waals surface area contributed by atoms with E-state index in [1.807, 2.05) is 20.8 Å². The summed E-state index contributed by atoms with van der Waals surface area (Å²) in [6.45, 7) is 5.75. The van der Waals surface area contributed by atoms with Gasteiger partial charge < -0.3 is 5.32 Å². The Morgan fingerprint density at radius 1 is 1.28 bits per heavy atom. The molecule has 2 rings (SSSR count). The summed E-state index contributed by atoms with van der Waals surface area (Å²) >= 11 is 5.65. The van der Waals surface area contributed by atoms with Crippen LogP contribution in [0, 0.1) is 11.3 Å². The maximum absolute atomic E-state index is 12.9. The molecule has 1 fully saturated rings. The third-order valence-corrected chi connectivity index (χ3v) is 3.91. The molecule has 2 heterocycles. The summed E-state index contributed by atoms with van der Waals surface area (Å²) in [5.74, 6) is -0.854. The molecule has 1 N–H and O–H groups in total. The van der Waals surface area contributed by atoms with E-state index in [1.54, 1.807) is 0 Å². The number of halogens is 4. The topological polar surface area (TPSA) is 62.3 Å². The van der Waals surface area contributed by atoms with Crippen molar-refractivity contribution in [3.05, 3.63) is 28.5 Å². The maximum Gasteiger partial charge on any atom is 0.416 e. The molecule has 0 spiro atoms. The zero-order valence-electron chi connectivity index (χ0n) is 14.1. The minimum absolute atomic E-state index is 0.0975. The Bertz CT molecular complexity index is 686. The lowest BCUT2D eigenvalue weighted by Gasteiger charge is -2.34. The lowest BCUT2D eigenvalue weighted by atomic mass is 9.83. The number of rotatable bonds is 3. The summed E-state index contributed by atoms with van der Waals surface area (Å²) in [6.07, 6.45) is -4.05. The number of nitrogens with one attached hydrogen (secondary N) is 1. The highest BCUT2D eigenvalue weighted by Gasteiger charge is 2.37. The Balaban J connectivity index is 2.24. The third-order valence-electron chi connectivity index (χ3n) is 3.71. The van der Waals surface area contributed by atoms with Crippen LogP contribution in [0.15, 0.2) is 12.1 Å². The number of nitrogens with zero attached hydrogens (tertiary/aromatic N) is 2. The van der Waals surface area contributed by atoms with Crippen molar-refractivity contribution in [3.8, 4) is 0 Å². The van der Waals surface area contributed by atoms with Gasteiger partial charge in [0, 0.05) is 6.54 Å². The standard InChI is InChI=1S/C16H19ClF3N3O2/c1-15(2,3)6-9-7-21-14(25)23(13(9)24)8-11-4-10(16(18,19)20)5-12(17)22-11/h4-5,9H,6-8H2,1-3H3,(H,21,25). The first-order chi connectivity index (χ1) is 11.4. The van der Waals surface area contributed by atoms with Gasteiger partial charge in [0.2, 0.25) is 5.91 Å². The predicted molar refractivity (Wildman–Crippen MR) is 85.8 cm³/mol. The molecule has 3 amide bonds. The van der Waals surface area contributed by atoms with Gasteiger partial charge in [0.1, 0.15) is 5.15 Å². The summed E-state index contributed by atoms with van der Waals surface area (Å²) in [4.78, 5) is 29.3. The van der Waals surface area contributed by atoms with Crippen LogP contribution in [0.1, 0.15) is 38.4 Å². The quantitative estimate of drug-likeness (QED) is 0.814. The van der Waals surface area contributed by atoms with Crippen molar-refractivity contribution in [2.24, 2.45) is 11.3 Å². The third kappa shape index (κ3) is 5.07. The van der Waals surface area contributed by atoms with Crippen LogP contribution in [-0.4, -0.2) is 28.4 Å². The second kappa shape index (κ2) is 6.82. The van der Waals surface area contributed by atoms with E-state index in [2.05, 4.69) is 10.3 Å². The first-order valence-electron chi connectivity index (χ1n) is 7.70. The molecule has 0 bridgehead atoms. The molecule has 138 valence electrons. The van der Waals surface area contributed by atoms with Crippen molar-refractivity contribution in [2.45, 2.75) is 39.9 Å². The number of hydrogen-bond donors (Lipinski definition) is 1. The highest BCUT2D eigenvalue weighted by atomic mass is 35.5. The SMILES string of the molecule is CC(C)(C)CC1CNC(=O)N(Cc2cc(C(F)(F)F)cc(Cl)n2)C1=O. The van der Waals surface area contributed by atoms with Gasteiger partial charge in [-0.15, -0.1) is 0 Å². The molecule has 0 aromatic carbocycles. The van der Waals surface area contributed by atoms with Crippen LogP contribution in [0.3, 0.4) is 0 Å². The Labute approximate surface area is 148 Å². The molecule has 1 unspecified atom stereocenters. The largest absolute Gasteiger partial charge is 0.416 e. The number of aromatic nitrogens is 1. The first-order valence-corrected chi connectivity index (χ1v) is 8.07. The van der Waals surface area contributed by atoms with E-state index in [0.717, 1.165) is 11.0 Å². The predicted octanol–water partition coefficient (Wildman–Crippen LogP) is 3.86. The van der Waals surface area contributed by atoms with Crippen LogP contribution in [0.25, 0.3) is 0 Å². The van der Waals surface area contributed by atoms with Gasteiger partial charge in [-0.2, -0.15) is 13.2 Å². The van der Waals surface area contributed by atoms with Gasteiger partial charge in [0.25, 0.3) is 0 Å². The molecule has 0 aliphatic carbocycles. The van der Waals surface area contributed by atoms with Crippen molar-refractivity contribution < 1.29 is 22.8 Å². The molecule has 0 radical (unpaired) electrons. The van der Waals surface area contributed by atoms with Crippen LogP contribution in [0.5, 0.6) is 0 Å². The first kappa shape index (κ1) is 19.5. The van der Waals surface area contributed by atoms with Crippen molar-refractivity contribution in [3.63, 3.8) is 0 Å². The molecule has 5 nitrogen and oxygen atoms in total. The normalized spacial score (nSPS) is 19.2. The summed E-state index contributed by atoms with van der Waals surface area (Å²) in [5.41, 5.74) is -1.20. The van der Waals surface area contributed by atoms with Crippen LogP contribution >= 0.6 is 11.6 Å². The van der Waals surface area contributed by atoms with E-state index >= 15 is 0 Å². The lowest BCUT2D eigenvalue weighted by Crippen LogP contribution is -2.55. The van der Waals surface area contributed by atoms with Crippen LogP contribution < -0.4 is 5.32 Å². The Morgan fingerprint density at radius 2 is 1.92 bits per heavy atom. The molecule has 1 aromatic rings. The number of urea groups is 1. The average molecular weight is 378 g/mol. The molecule has 1 atom stereocenters. The van der Waals surface area contributed by atoms with Gasteiger partial charge in [-0.05, 0) is 24.0 Å². The van der Waals surface area contributed by atoms with E-state index in [0.29, 0.717) is 12.5 Å². The monoisotopic (exact) mass is 377 g/mol. The van der Waals surface area contributed by atoms with Gasteiger partial charge in [0.05, 0.1) is 23.7 Å². The smallest absolute Gasteiger partial charge is 0.337 e. The van der Waals surface area contributed by atoms with Crippen molar-refractivity contribution in [1.29, 1.82) is 0 Å². The number of alkyl halides is 3. The summed E-state index contributed by atoms with van der Waals surface area (Å²) in [7, 11) is 0. The number of pyridine rings is 1. The molecule has 1 saturated heterocycles. The summed E-state index contributed by atoms with van der Waals surface area (Å²) < 4.78 is 38.6. The second-order valence-corrected chi connectivity index (χ2v) is 7.63. The number of amides is 3. The fraction of sp³-hybridized carbons (Fsp3) is 0.562. The molecular weight excluding hydrogens is 359 g/mol. The molecule has 9 heteroatoms. The minimum Gasteiger partial charge on any atom is -0.337 e. The fourth-order valence-corrected chi connectivity index (χ4v) is 2.95. The summed E-state index contributed by atoms with van der Waals surface area (Å²) in [6, 6.07) is 0.844. The molecule has 25 heavy (non-hydrogen) atoms. The van der Waals surface area contributed by atoms with Crippen LogP contribution in [0.4, 0.5) is 18.0 Å². The van der Waals surface area contributed by atoms with Crippen molar-refractivity contribution >= 4 is 23.5 Å². The van der Waals surface area contributed by atoms with Crippen LogP contribution in [0.2, 0.25) is 5.15 Å². The number of carbonyl (C=O) groups excluding carboxylic acids is 2. The number of imide groups is 1.